The summed E-state index contributed by atoms with van der Waals surface area (Å²) in [5, 5.41) is 3.44. The van der Waals surface area contributed by atoms with Crippen molar-refractivity contribution in [2.75, 3.05) is 38.6 Å². The van der Waals surface area contributed by atoms with Crippen molar-refractivity contribution in [2.45, 2.75) is 19.0 Å². The lowest BCUT2D eigenvalue weighted by Crippen LogP contribution is -2.59. The summed E-state index contributed by atoms with van der Waals surface area (Å²) in [4.78, 5) is 4.51. The molecule has 2 rings (SSSR count). The molecule has 0 amide bonds. The number of likely N-dealkylation sites (N-methyl/N-ethyl adjacent to an activating group) is 1. The van der Waals surface area contributed by atoms with Crippen molar-refractivity contribution in [2.24, 2.45) is 0 Å². The third-order valence-corrected chi connectivity index (χ3v) is 3.37. The van der Waals surface area contributed by atoms with E-state index in [9.17, 15) is 4.39 Å². The van der Waals surface area contributed by atoms with Crippen molar-refractivity contribution in [3.05, 3.63) is 30.1 Å². The monoisotopic (exact) mass is 251 g/mol. The summed E-state index contributed by atoms with van der Waals surface area (Å²) in [5.41, 5.74) is 0.982. The first-order chi connectivity index (χ1) is 8.58. The lowest BCUT2D eigenvalue weighted by molar-refractivity contribution is 0.316. The van der Waals surface area contributed by atoms with Gasteiger partial charge in [0.2, 0.25) is 0 Å². The molecule has 1 aliphatic rings. The van der Waals surface area contributed by atoms with E-state index in [1.807, 2.05) is 6.07 Å². The van der Waals surface area contributed by atoms with Crippen LogP contribution in [0.25, 0.3) is 0 Å². The predicted octanol–water partition coefficient (Wildman–Crippen LogP) is 1.55. The number of hydrogen-bond donors (Lipinski definition) is 1. The van der Waals surface area contributed by atoms with Crippen molar-refractivity contribution < 1.29 is 4.39 Å². The SMILES string of the molecule is CC1CNCC(CN(C)C)N1c1cccc(F)c1. The van der Waals surface area contributed by atoms with Crippen molar-refractivity contribution in [1.29, 1.82) is 0 Å². The molecule has 2 unspecified atom stereocenters. The Kier molecular flexibility index (Phi) is 4.19. The molecule has 1 heterocycles. The van der Waals surface area contributed by atoms with E-state index in [0.29, 0.717) is 12.1 Å². The highest BCUT2D eigenvalue weighted by Crippen LogP contribution is 2.23. The number of benzene rings is 1. The summed E-state index contributed by atoms with van der Waals surface area (Å²) in [6.07, 6.45) is 0. The number of nitrogens with zero attached hydrogens (tertiary/aromatic N) is 2. The summed E-state index contributed by atoms with van der Waals surface area (Å²) in [5.74, 6) is -0.165. The van der Waals surface area contributed by atoms with Gasteiger partial charge in [0.25, 0.3) is 0 Å². The summed E-state index contributed by atoms with van der Waals surface area (Å²) >= 11 is 0. The number of rotatable bonds is 3. The van der Waals surface area contributed by atoms with Gasteiger partial charge in [-0.05, 0) is 39.2 Å². The van der Waals surface area contributed by atoms with Crippen molar-refractivity contribution >= 4 is 5.69 Å². The molecule has 18 heavy (non-hydrogen) atoms. The minimum Gasteiger partial charge on any atom is -0.362 e. The molecule has 1 saturated heterocycles. The molecule has 1 fully saturated rings. The van der Waals surface area contributed by atoms with Gasteiger partial charge in [-0.15, -0.1) is 0 Å². The van der Waals surface area contributed by atoms with Crippen LogP contribution < -0.4 is 10.2 Å². The van der Waals surface area contributed by atoms with Crippen LogP contribution >= 0.6 is 0 Å². The van der Waals surface area contributed by atoms with Crippen LogP contribution in [-0.2, 0) is 0 Å². The molecular formula is C14H22FN3. The Balaban J connectivity index is 2.24. The second-order valence-corrected chi connectivity index (χ2v) is 5.31. The van der Waals surface area contributed by atoms with Crippen LogP contribution in [0.3, 0.4) is 0 Å². The van der Waals surface area contributed by atoms with Crippen LogP contribution in [0.4, 0.5) is 10.1 Å². The van der Waals surface area contributed by atoms with E-state index in [2.05, 4.69) is 36.1 Å². The second-order valence-electron chi connectivity index (χ2n) is 5.31. The predicted molar refractivity (Wildman–Crippen MR) is 73.6 cm³/mol. The zero-order chi connectivity index (χ0) is 13.1. The summed E-state index contributed by atoms with van der Waals surface area (Å²) in [7, 11) is 4.14. The highest BCUT2D eigenvalue weighted by Gasteiger charge is 2.28. The van der Waals surface area contributed by atoms with Gasteiger partial charge in [0.15, 0.2) is 0 Å². The van der Waals surface area contributed by atoms with Gasteiger partial charge in [-0.25, -0.2) is 4.39 Å². The number of anilines is 1. The Hall–Kier alpha value is -1.13. The van der Waals surface area contributed by atoms with Gasteiger partial charge in [-0.1, -0.05) is 6.07 Å². The van der Waals surface area contributed by atoms with Crippen molar-refractivity contribution in [3.8, 4) is 0 Å². The molecule has 0 radical (unpaired) electrons. The maximum absolute atomic E-state index is 13.4. The molecule has 3 nitrogen and oxygen atoms in total. The maximum atomic E-state index is 13.4. The number of hydrogen-bond acceptors (Lipinski definition) is 3. The number of nitrogens with one attached hydrogen (secondary N) is 1. The minimum absolute atomic E-state index is 0.165. The number of piperazine rings is 1. The number of halogens is 1. The molecular weight excluding hydrogens is 229 g/mol. The summed E-state index contributed by atoms with van der Waals surface area (Å²) in [6, 6.07) is 7.66. The molecule has 0 aromatic heterocycles. The van der Waals surface area contributed by atoms with Gasteiger partial charge < -0.3 is 15.1 Å². The van der Waals surface area contributed by atoms with E-state index in [1.54, 1.807) is 12.1 Å². The molecule has 1 aromatic carbocycles. The van der Waals surface area contributed by atoms with Gasteiger partial charge in [-0.3, -0.25) is 0 Å². The lowest BCUT2D eigenvalue weighted by Gasteiger charge is -2.44. The van der Waals surface area contributed by atoms with E-state index >= 15 is 0 Å². The second kappa shape index (κ2) is 5.67. The highest BCUT2D eigenvalue weighted by molar-refractivity contribution is 5.49. The fraction of sp³-hybridized carbons (Fsp3) is 0.571. The molecule has 4 heteroatoms. The van der Waals surface area contributed by atoms with Gasteiger partial charge in [0, 0.05) is 31.4 Å². The van der Waals surface area contributed by atoms with Crippen LogP contribution in [0.15, 0.2) is 24.3 Å². The van der Waals surface area contributed by atoms with Gasteiger partial charge >= 0.3 is 0 Å². The van der Waals surface area contributed by atoms with Gasteiger partial charge in [-0.2, -0.15) is 0 Å². The molecule has 1 aliphatic heterocycles. The molecule has 2 atom stereocenters. The topological polar surface area (TPSA) is 18.5 Å². The average Bonchev–Trinajstić information content (AvgIpc) is 2.28. The third-order valence-electron chi connectivity index (χ3n) is 3.37. The molecule has 0 aliphatic carbocycles. The quantitative estimate of drug-likeness (QED) is 0.879. The largest absolute Gasteiger partial charge is 0.362 e. The van der Waals surface area contributed by atoms with Crippen LogP contribution in [0.2, 0.25) is 0 Å². The molecule has 1 aromatic rings. The van der Waals surface area contributed by atoms with Crippen molar-refractivity contribution in [1.82, 2.24) is 10.2 Å². The van der Waals surface area contributed by atoms with E-state index in [1.165, 1.54) is 6.07 Å². The minimum atomic E-state index is -0.165. The van der Waals surface area contributed by atoms with Crippen LogP contribution in [0.1, 0.15) is 6.92 Å². The zero-order valence-corrected chi connectivity index (χ0v) is 11.4. The Morgan fingerprint density at radius 1 is 1.39 bits per heavy atom. The van der Waals surface area contributed by atoms with E-state index < -0.39 is 0 Å². The first-order valence-corrected chi connectivity index (χ1v) is 6.47. The molecule has 1 N–H and O–H groups in total. The molecule has 100 valence electrons. The van der Waals surface area contributed by atoms with E-state index in [-0.39, 0.29) is 5.82 Å². The van der Waals surface area contributed by atoms with Gasteiger partial charge in [0.1, 0.15) is 5.82 Å². The normalized spacial score (nSPS) is 24.6. The first-order valence-electron chi connectivity index (χ1n) is 6.47. The van der Waals surface area contributed by atoms with Crippen LogP contribution in [-0.4, -0.2) is 50.7 Å². The maximum Gasteiger partial charge on any atom is 0.125 e. The lowest BCUT2D eigenvalue weighted by atomic mass is 10.1. The molecule has 0 spiro atoms. The molecule has 0 bridgehead atoms. The average molecular weight is 251 g/mol. The van der Waals surface area contributed by atoms with E-state index in [4.69, 9.17) is 0 Å². The third kappa shape index (κ3) is 3.00. The Morgan fingerprint density at radius 2 is 2.17 bits per heavy atom. The Morgan fingerprint density at radius 3 is 2.83 bits per heavy atom. The van der Waals surface area contributed by atoms with Crippen molar-refractivity contribution in [3.63, 3.8) is 0 Å². The molecule has 0 saturated carbocycles. The summed E-state index contributed by atoms with van der Waals surface area (Å²) in [6.45, 7) is 5.03. The summed E-state index contributed by atoms with van der Waals surface area (Å²) < 4.78 is 13.4. The first kappa shape index (κ1) is 13.3. The van der Waals surface area contributed by atoms with E-state index in [0.717, 1.165) is 25.3 Å². The Bertz CT molecular complexity index is 394. The fourth-order valence-corrected chi connectivity index (χ4v) is 2.69. The highest BCUT2D eigenvalue weighted by atomic mass is 19.1. The van der Waals surface area contributed by atoms with Crippen LogP contribution in [0.5, 0.6) is 0 Å². The Labute approximate surface area is 109 Å². The standard InChI is InChI=1S/C14H22FN3/c1-11-8-16-9-14(10-17(2)3)18(11)13-6-4-5-12(15)7-13/h4-7,11,14,16H,8-10H2,1-3H3. The smallest absolute Gasteiger partial charge is 0.125 e. The zero-order valence-electron chi connectivity index (χ0n) is 11.4. The van der Waals surface area contributed by atoms with Gasteiger partial charge in [0.05, 0.1) is 6.04 Å². The van der Waals surface area contributed by atoms with Crippen LogP contribution in [0, 0.1) is 5.82 Å². The fourth-order valence-electron chi connectivity index (χ4n) is 2.69.